The summed E-state index contributed by atoms with van der Waals surface area (Å²) in [6, 6.07) is 22.6. The minimum Gasteiger partial charge on any atom is -0.436 e. The lowest BCUT2D eigenvalue weighted by Gasteiger charge is -2.07. The predicted molar refractivity (Wildman–Crippen MR) is 107 cm³/mol. The fourth-order valence-electron chi connectivity index (χ4n) is 2.54. The molecule has 0 unspecified atom stereocenters. The van der Waals surface area contributed by atoms with Crippen molar-refractivity contribution in [1.29, 1.82) is 0 Å². The van der Waals surface area contributed by atoms with Crippen LogP contribution in [0.1, 0.15) is 10.4 Å². The van der Waals surface area contributed by atoms with Crippen LogP contribution in [0.4, 0.5) is 5.69 Å². The molecule has 0 saturated carbocycles. The van der Waals surface area contributed by atoms with E-state index in [0.29, 0.717) is 11.5 Å². The highest BCUT2D eigenvalue weighted by Gasteiger charge is 2.11. The van der Waals surface area contributed by atoms with Crippen molar-refractivity contribution in [3.63, 3.8) is 0 Å². The standard InChI is InChI=1S/C20H13IN2O2/c21-16-6-2-1-5-15(16)19(24)22-14-11-9-13(10-12-14)20-23-17-7-3-4-8-18(17)25-20/h1-12H,(H,22,24). The molecule has 5 heteroatoms. The summed E-state index contributed by atoms with van der Waals surface area (Å²) in [4.78, 5) is 16.8. The zero-order valence-corrected chi connectivity index (χ0v) is 15.2. The average Bonchev–Trinajstić information content (AvgIpc) is 3.07. The van der Waals surface area contributed by atoms with Gasteiger partial charge in [0.25, 0.3) is 5.91 Å². The van der Waals surface area contributed by atoms with Gasteiger partial charge in [0.15, 0.2) is 5.58 Å². The number of amides is 1. The van der Waals surface area contributed by atoms with Crippen LogP contribution in [-0.4, -0.2) is 10.9 Å². The number of rotatable bonds is 3. The van der Waals surface area contributed by atoms with Gasteiger partial charge in [-0.25, -0.2) is 4.98 Å². The van der Waals surface area contributed by atoms with E-state index in [9.17, 15) is 4.79 Å². The molecule has 0 aliphatic heterocycles. The molecule has 0 saturated heterocycles. The second-order valence-corrected chi connectivity index (χ2v) is 6.66. The number of oxazole rings is 1. The number of aromatic nitrogens is 1. The first-order valence-corrected chi connectivity index (χ1v) is 8.80. The van der Waals surface area contributed by atoms with E-state index in [4.69, 9.17) is 4.42 Å². The van der Waals surface area contributed by atoms with Crippen LogP contribution in [0.3, 0.4) is 0 Å². The summed E-state index contributed by atoms with van der Waals surface area (Å²) in [5.74, 6) is 0.441. The van der Waals surface area contributed by atoms with Gasteiger partial charge in [0.05, 0.1) is 5.56 Å². The molecule has 0 radical (unpaired) electrons. The normalized spacial score (nSPS) is 10.8. The molecule has 0 bridgehead atoms. The van der Waals surface area contributed by atoms with E-state index in [0.717, 1.165) is 25.9 Å². The van der Waals surface area contributed by atoms with Crippen molar-refractivity contribution in [2.75, 3.05) is 5.32 Å². The summed E-state index contributed by atoms with van der Waals surface area (Å²) in [5.41, 5.74) is 3.83. The first-order valence-electron chi connectivity index (χ1n) is 7.72. The molecule has 0 spiro atoms. The average molecular weight is 440 g/mol. The van der Waals surface area contributed by atoms with E-state index >= 15 is 0 Å². The predicted octanol–water partition coefficient (Wildman–Crippen LogP) is 5.35. The van der Waals surface area contributed by atoms with Crippen LogP contribution < -0.4 is 5.32 Å². The molecule has 4 aromatic rings. The minimum atomic E-state index is -0.125. The number of nitrogens with one attached hydrogen (secondary N) is 1. The highest BCUT2D eigenvalue weighted by molar-refractivity contribution is 14.1. The fraction of sp³-hybridized carbons (Fsp3) is 0. The lowest BCUT2D eigenvalue weighted by Crippen LogP contribution is -2.13. The Balaban J connectivity index is 1.56. The van der Waals surface area contributed by atoms with E-state index in [2.05, 4.69) is 32.9 Å². The van der Waals surface area contributed by atoms with Gasteiger partial charge in [-0.15, -0.1) is 0 Å². The first-order chi connectivity index (χ1) is 12.2. The maximum atomic E-state index is 12.4. The van der Waals surface area contributed by atoms with Crippen LogP contribution >= 0.6 is 22.6 Å². The molecule has 0 aliphatic rings. The number of carbonyl (C=O) groups is 1. The lowest BCUT2D eigenvalue weighted by atomic mass is 10.2. The SMILES string of the molecule is O=C(Nc1ccc(-c2nc3ccccc3o2)cc1)c1ccccc1I. The Morgan fingerprint density at radius 2 is 1.64 bits per heavy atom. The molecular weight excluding hydrogens is 427 g/mol. The summed E-state index contributed by atoms with van der Waals surface area (Å²) in [6.07, 6.45) is 0. The van der Waals surface area contributed by atoms with Gasteiger partial charge in [-0.3, -0.25) is 4.79 Å². The third-order valence-corrected chi connectivity index (χ3v) is 4.74. The Bertz CT molecular complexity index is 1020. The minimum absolute atomic E-state index is 0.125. The number of benzene rings is 3. The van der Waals surface area contributed by atoms with Crippen molar-refractivity contribution in [3.05, 3.63) is 81.9 Å². The van der Waals surface area contributed by atoms with Gasteiger partial charge < -0.3 is 9.73 Å². The smallest absolute Gasteiger partial charge is 0.256 e. The van der Waals surface area contributed by atoms with Crippen LogP contribution in [0.2, 0.25) is 0 Å². The zero-order valence-electron chi connectivity index (χ0n) is 13.1. The highest BCUT2D eigenvalue weighted by atomic mass is 127. The molecule has 4 nitrogen and oxygen atoms in total. The quantitative estimate of drug-likeness (QED) is 0.437. The van der Waals surface area contributed by atoms with Gasteiger partial charge >= 0.3 is 0 Å². The van der Waals surface area contributed by atoms with Crippen LogP contribution in [0, 0.1) is 3.57 Å². The van der Waals surface area contributed by atoms with Gasteiger partial charge in [0.2, 0.25) is 5.89 Å². The van der Waals surface area contributed by atoms with Crippen molar-refractivity contribution in [2.45, 2.75) is 0 Å². The van der Waals surface area contributed by atoms with Crippen LogP contribution in [0.25, 0.3) is 22.6 Å². The van der Waals surface area contributed by atoms with Crippen molar-refractivity contribution in [1.82, 2.24) is 4.98 Å². The summed E-state index contributed by atoms with van der Waals surface area (Å²) < 4.78 is 6.68. The molecule has 1 N–H and O–H groups in total. The molecule has 0 atom stereocenters. The van der Waals surface area contributed by atoms with Crippen molar-refractivity contribution in [3.8, 4) is 11.5 Å². The number of hydrogen-bond acceptors (Lipinski definition) is 3. The first kappa shape index (κ1) is 15.8. The number of anilines is 1. The number of para-hydroxylation sites is 2. The lowest BCUT2D eigenvalue weighted by molar-refractivity contribution is 0.102. The van der Waals surface area contributed by atoms with E-state index in [-0.39, 0.29) is 5.91 Å². The second kappa shape index (κ2) is 6.68. The van der Waals surface area contributed by atoms with Gasteiger partial charge in [-0.2, -0.15) is 0 Å². The Kier molecular flexibility index (Phi) is 4.23. The Hall–Kier alpha value is -2.67. The molecule has 25 heavy (non-hydrogen) atoms. The summed E-state index contributed by atoms with van der Waals surface area (Å²) >= 11 is 2.16. The Labute approximate surface area is 158 Å². The fourth-order valence-corrected chi connectivity index (χ4v) is 3.17. The summed E-state index contributed by atoms with van der Waals surface area (Å²) in [7, 11) is 0. The third-order valence-electron chi connectivity index (χ3n) is 3.80. The molecule has 1 heterocycles. The van der Waals surface area contributed by atoms with Gasteiger partial charge in [-0.1, -0.05) is 24.3 Å². The second-order valence-electron chi connectivity index (χ2n) is 5.50. The number of carbonyl (C=O) groups excluding carboxylic acids is 1. The number of halogens is 1. The van der Waals surface area contributed by atoms with Crippen molar-refractivity contribution >= 4 is 45.3 Å². The van der Waals surface area contributed by atoms with E-state index < -0.39 is 0 Å². The van der Waals surface area contributed by atoms with Crippen molar-refractivity contribution in [2.24, 2.45) is 0 Å². The third kappa shape index (κ3) is 3.28. The Morgan fingerprint density at radius 3 is 2.40 bits per heavy atom. The Morgan fingerprint density at radius 1 is 0.920 bits per heavy atom. The molecule has 1 aromatic heterocycles. The molecule has 3 aromatic carbocycles. The molecule has 122 valence electrons. The topological polar surface area (TPSA) is 55.1 Å². The summed E-state index contributed by atoms with van der Waals surface area (Å²) in [5, 5.41) is 2.91. The van der Waals surface area contributed by atoms with Gasteiger partial charge in [0.1, 0.15) is 5.52 Å². The van der Waals surface area contributed by atoms with E-state index in [1.54, 1.807) is 0 Å². The van der Waals surface area contributed by atoms with E-state index in [1.807, 2.05) is 72.8 Å². The molecule has 0 fully saturated rings. The van der Waals surface area contributed by atoms with Crippen LogP contribution in [-0.2, 0) is 0 Å². The largest absolute Gasteiger partial charge is 0.436 e. The molecular formula is C20H13IN2O2. The van der Waals surface area contributed by atoms with E-state index in [1.165, 1.54) is 0 Å². The van der Waals surface area contributed by atoms with Crippen molar-refractivity contribution < 1.29 is 9.21 Å². The monoisotopic (exact) mass is 440 g/mol. The zero-order chi connectivity index (χ0) is 17.2. The maximum absolute atomic E-state index is 12.4. The number of nitrogens with zero attached hydrogens (tertiary/aromatic N) is 1. The van der Waals surface area contributed by atoms with Crippen LogP contribution in [0.5, 0.6) is 0 Å². The molecule has 4 rings (SSSR count). The van der Waals surface area contributed by atoms with Crippen LogP contribution in [0.15, 0.2) is 77.2 Å². The van der Waals surface area contributed by atoms with Gasteiger partial charge in [-0.05, 0) is 71.1 Å². The maximum Gasteiger partial charge on any atom is 0.256 e. The molecule has 1 amide bonds. The highest BCUT2D eigenvalue weighted by Crippen LogP contribution is 2.25. The van der Waals surface area contributed by atoms with Gasteiger partial charge in [0, 0.05) is 14.8 Å². The summed E-state index contributed by atoms with van der Waals surface area (Å²) in [6.45, 7) is 0. The molecule has 0 aliphatic carbocycles. The number of hydrogen-bond donors (Lipinski definition) is 1. The number of fused-ring (bicyclic) bond motifs is 1.